The summed E-state index contributed by atoms with van der Waals surface area (Å²) in [5.74, 6) is 0.747. The van der Waals surface area contributed by atoms with Crippen LogP contribution in [0.2, 0.25) is 0 Å². The number of phenolic OH excluding ortho intramolecular Hbond substituents is 1. The molecule has 2 heterocycles. The molecule has 0 spiro atoms. The van der Waals surface area contributed by atoms with Gasteiger partial charge in [-0.1, -0.05) is 6.92 Å². The van der Waals surface area contributed by atoms with E-state index >= 15 is 0 Å². The van der Waals surface area contributed by atoms with Crippen LogP contribution in [0.3, 0.4) is 0 Å². The maximum absolute atomic E-state index is 12.1. The maximum atomic E-state index is 12.1. The first-order chi connectivity index (χ1) is 10.4. The summed E-state index contributed by atoms with van der Waals surface area (Å²) in [6.45, 7) is 2.12. The summed E-state index contributed by atoms with van der Waals surface area (Å²) in [5, 5.41) is 13.6. The van der Waals surface area contributed by atoms with Crippen molar-refractivity contribution in [1.29, 1.82) is 0 Å². The first-order valence-corrected chi connectivity index (χ1v) is 7.42. The third-order valence-electron chi connectivity index (χ3n) is 4.79. The summed E-state index contributed by atoms with van der Waals surface area (Å²) in [4.78, 5) is 12.1. The molecule has 1 aromatic carbocycles. The van der Waals surface area contributed by atoms with Gasteiger partial charge in [-0.15, -0.1) is 0 Å². The Morgan fingerprint density at radius 2 is 2.23 bits per heavy atom. The van der Waals surface area contributed by atoms with Crippen LogP contribution in [0.25, 0.3) is 0 Å². The minimum absolute atomic E-state index is 0.232. The molecule has 1 aromatic rings. The minimum Gasteiger partial charge on any atom is -0.508 e. The van der Waals surface area contributed by atoms with E-state index in [1.165, 1.54) is 7.11 Å². The number of hydrogen-bond donors (Lipinski definition) is 1. The molecule has 0 amide bonds. The van der Waals surface area contributed by atoms with E-state index < -0.39 is 0 Å². The number of methoxy groups -OCH3 is 1. The number of carbonyl (C=O) groups is 1. The number of esters is 1. The monoisotopic (exact) mass is 306 g/mol. The van der Waals surface area contributed by atoms with Crippen LogP contribution < -0.4 is 4.74 Å². The third-order valence-corrected chi connectivity index (χ3v) is 4.79. The normalized spacial score (nSPS) is 30.6. The Hall–Kier alpha value is -1.79. The van der Waals surface area contributed by atoms with Gasteiger partial charge in [-0.3, -0.25) is 4.79 Å². The zero-order chi connectivity index (χ0) is 16.1. The number of benzene rings is 1. The second-order valence-electron chi connectivity index (χ2n) is 6.37. The number of hydrogen-bond acceptors (Lipinski definition) is 6. The average Bonchev–Trinajstić information content (AvgIpc) is 2.77. The molecule has 6 nitrogen and oxygen atoms in total. The van der Waals surface area contributed by atoms with Crippen molar-refractivity contribution < 1.29 is 19.4 Å². The lowest BCUT2D eigenvalue weighted by Crippen LogP contribution is -2.64. The Bertz CT molecular complexity index is 604. The Morgan fingerprint density at radius 3 is 2.86 bits per heavy atom. The number of rotatable bonds is 2. The maximum Gasteiger partial charge on any atom is 0.324 e. The van der Waals surface area contributed by atoms with E-state index in [1.807, 2.05) is 24.1 Å². The van der Waals surface area contributed by atoms with Gasteiger partial charge in [-0.05, 0) is 31.0 Å². The standard InChI is InChI=1S/C16H22N2O4/c1-16-8-7-12(14(20)21-4)18(17(2)3)15(16)22-13-6-5-10(19)9-11(13)16/h5-6,9,12,15,19H,7-8H2,1-4H3. The van der Waals surface area contributed by atoms with E-state index in [4.69, 9.17) is 9.47 Å². The van der Waals surface area contributed by atoms with E-state index in [0.717, 1.165) is 17.7 Å². The molecular formula is C16H22N2O4. The van der Waals surface area contributed by atoms with Gasteiger partial charge >= 0.3 is 5.97 Å². The van der Waals surface area contributed by atoms with E-state index in [9.17, 15) is 9.90 Å². The molecule has 2 aliphatic heterocycles. The molecular weight excluding hydrogens is 284 g/mol. The number of fused-ring (bicyclic) bond motifs is 3. The number of nitrogens with zero attached hydrogens (tertiary/aromatic N) is 2. The van der Waals surface area contributed by atoms with Crippen molar-refractivity contribution in [3.63, 3.8) is 0 Å². The van der Waals surface area contributed by atoms with Crippen molar-refractivity contribution in [2.24, 2.45) is 0 Å². The molecule has 0 radical (unpaired) electrons. The fourth-order valence-electron chi connectivity index (χ4n) is 3.64. The molecule has 1 saturated heterocycles. The molecule has 3 unspecified atom stereocenters. The van der Waals surface area contributed by atoms with Gasteiger partial charge in [-0.2, -0.15) is 5.01 Å². The van der Waals surface area contributed by atoms with Crippen molar-refractivity contribution >= 4 is 5.97 Å². The first kappa shape index (κ1) is 15.1. The van der Waals surface area contributed by atoms with Gasteiger partial charge in [0.1, 0.15) is 17.5 Å². The first-order valence-electron chi connectivity index (χ1n) is 7.42. The van der Waals surface area contributed by atoms with Crippen molar-refractivity contribution in [2.45, 2.75) is 37.5 Å². The highest BCUT2D eigenvalue weighted by Crippen LogP contribution is 2.51. The number of ether oxygens (including phenoxy) is 2. The number of hydrazine groups is 1. The zero-order valence-corrected chi connectivity index (χ0v) is 13.4. The largest absolute Gasteiger partial charge is 0.508 e. The molecule has 22 heavy (non-hydrogen) atoms. The molecule has 1 fully saturated rings. The summed E-state index contributed by atoms with van der Waals surface area (Å²) in [5.41, 5.74) is 0.718. The fourth-order valence-corrected chi connectivity index (χ4v) is 3.64. The number of carbonyl (C=O) groups excluding carboxylic acids is 1. The topological polar surface area (TPSA) is 62.2 Å². The van der Waals surface area contributed by atoms with Crippen LogP contribution in [0.1, 0.15) is 25.3 Å². The summed E-state index contributed by atoms with van der Waals surface area (Å²) < 4.78 is 11.1. The molecule has 0 saturated carbocycles. The van der Waals surface area contributed by atoms with Gasteiger partial charge in [-0.25, -0.2) is 5.01 Å². The van der Waals surface area contributed by atoms with Crippen molar-refractivity contribution in [3.05, 3.63) is 23.8 Å². The lowest BCUT2D eigenvalue weighted by molar-refractivity contribution is -0.192. The van der Waals surface area contributed by atoms with E-state index in [1.54, 1.807) is 18.2 Å². The highest BCUT2D eigenvalue weighted by Gasteiger charge is 2.55. The van der Waals surface area contributed by atoms with Crippen LogP contribution in [-0.4, -0.2) is 54.6 Å². The molecule has 6 heteroatoms. The Morgan fingerprint density at radius 1 is 1.50 bits per heavy atom. The lowest BCUT2D eigenvalue weighted by atomic mass is 9.74. The van der Waals surface area contributed by atoms with Crippen LogP contribution >= 0.6 is 0 Å². The molecule has 3 rings (SSSR count). The Kier molecular flexibility index (Phi) is 3.53. The Balaban J connectivity index is 2.03. The summed E-state index contributed by atoms with van der Waals surface area (Å²) >= 11 is 0. The van der Waals surface area contributed by atoms with Crippen molar-refractivity contribution in [3.8, 4) is 11.5 Å². The fraction of sp³-hybridized carbons (Fsp3) is 0.562. The second-order valence-corrected chi connectivity index (χ2v) is 6.37. The zero-order valence-electron chi connectivity index (χ0n) is 13.4. The summed E-state index contributed by atoms with van der Waals surface area (Å²) in [7, 11) is 5.20. The third kappa shape index (κ3) is 2.06. The van der Waals surface area contributed by atoms with Gasteiger partial charge in [0, 0.05) is 25.1 Å². The smallest absolute Gasteiger partial charge is 0.324 e. The van der Waals surface area contributed by atoms with E-state index in [-0.39, 0.29) is 29.4 Å². The average molecular weight is 306 g/mol. The molecule has 3 atom stereocenters. The van der Waals surface area contributed by atoms with E-state index in [0.29, 0.717) is 6.42 Å². The highest BCUT2D eigenvalue weighted by molar-refractivity contribution is 5.76. The van der Waals surface area contributed by atoms with Gasteiger partial charge in [0.2, 0.25) is 0 Å². The molecule has 120 valence electrons. The molecule has 0 bridgehead atoms. The quantitative estimate of drug-likeness (QED) is 0.835. The van der Waals surface area contributed by atoms with Gasteiger partial charge in [0.05, 0.1) is 7.11 Å². The molecule has 0 aromatic heterocycles. The summed E-state index contributed by atoms with van der Waals surface area (Å²) in [6, 6.07) is 4.81. The van der Waals surface area contributed by atoms with Crippen LogP contribution in [0.5, 0.6) is 11.5 Å². The predicted molar refractivity (Wildman–Crippen MR) is 80.4 cm³/mol. The van der Waals surface area contributed by atoms with Gasteiger partial charge in [0.25, 0.3) is 0 Å². The van der Waals surface area contributed by atoms with Gasteiger partial charge < -0.3 is 14.6 Å². The number of piperidine rings is 1. The lowest BCUT2D eigenvalue weighted by Gasteiger charge is -2.48. The van der Waals surface area contributed by atoms with Crippen molar-refractivity contribution in [1.82, 2.24) is 10.0 Å². The molecule has 0 aliphatic carbocycles. The predicted octanol–water partition coefficient (Wildman–Crippen LogP) is 1.48. The second kappa shape index (κ2) is 5.14. The SMILES string of the molecule is COC(=O)C1CCC2(C)c3cc(O)ccc3OC2N1N(C)C. The summed E-state index contributed by atoms with van der Waals surface area (Å²) in [6.07, 6.45) is 1.17. The van der Waals surface area contributed by atoms with Crippen molar-refractivity contribution in [2.75, 3.05) is 21.2 Å². The molecule has 2 aliphatic rings. The van der Waals surface area contributed by atoms with Crippen LogP contribution in [0, 0.1) is 0 Å². The van der Waals surface area contributed by atoms with E-state index in [2.05, 4.69) is 6.92 Å². The van der Waals surface area contributed by atoms with Gasteiger partial charge in [0.15, 0.2) is 6.23 Å². The highest BCUT2D eigenvalue weighted by atomic mass is 16.5. The number of phenols is 1. The van der Waals surface area contributed by atoms with Crippen LogP contribution in [0.15, 0.2) is 18.2 Å². The number of aromatic hydroxyl groups is 1. The Labute approximate surface area is 130 Å². The van der Waals surface area contributed by atoms with Crippen LogP contribution in [0.4, 0.5) is 0 Å². The molecule has 1 N–H and O–H groups in total. The van der Waals surface area contributed by atoms with Crippen LogP contribution in [-0.2, 0) is 14.9 Å². The minimum atomic E-state index is -0.360.